The number of ether oxygens (including phenoxy) is 2. The van der Waals surface area contributed by atoms with Crippen LogP contribution in [-0.4, -0.2) is 12.9 Å². The lowest BCUT2D eigenvalue weighted by atomic mass is 9.70. The van der Waals surface area contributed by atoms with Crippen LogP contribution in [0.25, 0.3) is 0 Å². The van der Waals surface area contributed by atoms with Gasteiger partial charge >= 0.3 is 0 Å². The molecule has 3 rings (SSSR count). The average molecular weight is 403 g/mol. The first kappa shape index (κ1) is 17.6. The summed E-state index contributed by atoms with van der Waals surface area (Å²) >= 11 is 3.46. The van der Waals surface area contributed by atoms with Gasteiger partial charge in [0.25, 0.3) is 0 Å². The maximum absolute atomic E-state index is 12.9. The molecule has 0 spiro atoms. The van der Waals surface area contributed by atoms with Crippen molar-refractivity contribution in [2.24, 2.45) is 11.1 Å². The smallest absolute Gasteiger partial charge is 0.205 e. The predicted molar refractivity (Wildman–Crippen MR) is 96.4 cm³/mol. The van der Waals surface area contributed by atoms with Gasteiger partial charge in [0.2, 0.25) is 5.88 Å². The summed E-state index contributed by atoms with van der Waals surface area (Å²) in [6.07, 6.45) is 1.03. The molecule has 2 aliphatic rings. The minimum atomic E-state index is -0.514. The highest BCUT2D eigenvalue weighted by Crippen LogP contribution is 2.48. The largest absolute Gasteiger partial charge is 0.496 e. The number of Topliss-reactive ketones (excluding diaryl/α,β-unsaturated/α-hetero) is 1. The number of hydrogen-bond donors (Lipinski definition) is 1. The molecule has 1 heterocycles. The molecule has 1 aromatic rings. The lowest BCUT2D eigenvalue weighted by Crippen LogP contribution is -2.33. The van der Waals surface area contributed by atoms with Crippen LogP contribution in [-0.2, 0) is 9.53 Å². The fourth-order valence-corrected chi connectivity index (χ4v) is 4.04. The second-order valence-corrected chi connectivity index (χ2v) is 7.95. The van der Waals surface area contributed by atoms with Crippen molar-refractivity contribution in [2.75, 3.05) is 7.11 Å². The van der Waals surface area contributed by atoms with E-state index in [4.69, 9.17) is 15.2 Å². The van der Waals surface area contributed by atoms with E-state index in [1.165, 1.54) is 0 Å². The first-order valence-corrected chi connectivity index (χ1v) is 8.74. The maximum Gasteiger partial charge on any atom is 0.205 e. The fraction of sp³-hybridized carbons (Fsp3) is 0.368. The Balaban J connectivity index is 2.18. The van der Waals surface area contributed by atoms with Gasteiger partial charge in [0, 0.05) is 18.4 Å². The van der Waals surface area contributed by atoms with Crippen LogP contribution in [0.15, 0.2) is 45.5 Å². The Kier molecular flexibility index (Phi) is 4.38. The van der Waals surface area contributed by atoms with Crippen molar-refractivity contribution in [1.82, 2.24) is 0 Å². The summed E-state index contributed by atoms with van der Waals surface area (Å²) in [4.78, 5) is 12.9. The average Bonchev–Trinajstić information content (AvgIpc) is 2.52. The molecule has 0 saturated carbocycles. The highest BCUT2D eigenvalue weighted by molar-refractivity contribution is 9.10. The Morgan fingerprint density at radius 3 is 2.72 bits per heavy atom. The number of nitrogens with two attached hydrogens (primary N) is 1. The van der Waals surface area contributed by atoms with E-state index >= 15 is 0 Å². The summed E-state index contributed by atoms with van der Waals surface area (Å²) in [5, 5.41) is 9.60. The van der Waals surface area contributed by atoms with Crippen molar-refractivity contribution < 1.29 is 14.3 Å². The zero-order chi connectivity index (χ0) is 18.4. The van der Waals surface area contributed by atoms with Gasteiger partial charge in [-0.25, -0.2) is 0 Å². The molecule has 0 unspecified atom stereocenters. The van der Waals surface area contributed by atoms with Crippen LogP contribution < -0.4 is 10.5 Å². The van der Waals surface area contributed by atoms with Crippen LogP contribution >= 0.6 is 15.9 Å². The number of carbonyl (C=O) groups excluding carboxylic acids is 1. The van der Waals surface area contributed by atoms with E-state index in [0.29, 0.717) is 29.9 Å². The quantitative estimate of drug-likeness (QED) is 0.810. The monoisotopic (exact) mass is 402 g/mol. The topological polar surface area (TPSA) is 85.3 Å². The van der Waals surface area contributed by atoms with Crippen molar-refractivity contribution in [3.05, 3.63) is 51.0 Å². The Labute approximate surface area is 155 Å². The van der Waals surface area contributed by atoms with E-state index in [2.05, 4.69) is 22.0 Å². The van der Waals surface area contributed by atoms with Gasteiger partial charge in [-0.1, -0.05) is 19.9 Å². The molecule has 0 bridgehead atoms. The number of halogens is 1. The van der Waals surface area contributed by atoms with Crippen LogP contribution in [0, 0.1) is 16.7 Å². The predicted octanol–water partition coefficient (Wildman–Crippen LogP) is 3.91. The number of allylic oxidation sites excluding steroid dienone is 3. The van der Waals surface area contributed by atoms with Gasteiger partial charge in [-0.15, -0.1) is 0 Å². The van der Waals surface area contributed by atoms with Gasteiger partial charge in [-0.2, -0.15) is 5.26 Å². The minimum Gasteiger partial charge on any atom is -0.496 e. The number of nitriles is 1. The van der Waals surface area contributed by atoms with E-state index < -0.39 is 5.92 Å². The Morgan fingerprint density at radius 1 is 1.40 bits per heavy atom. The van der Waals surface area contributed by atoms with Crippen molar-refractivity contribution >= 4 is 21.7 Å². The third kappa shape index (κ3) is 3.05. The van der Waals surface area contributed by atoms with Crippen LogP contribution in [0.3, 0.4) is 0 Å². The molecule has 2 N–H and O–H groups in total. The summed E-state index contributed by atoms with van der Waals surface area (Å²) in [6, 6.07) is 7.63. The first-order chi connectivity index (χ1) is 11.8. The highest BCUT2D eigenvalue weighted by Gasteiger charge is 2.43. The molecule has 0 amide bonds. The molecule has 0 radical (unpaired) electrons. The van der Waals surface area contributed by atoms with Gasteiger partial charge in [0.1, 0.15) is 23.2 Å². The summed E-state index contributed by atoms with van der Waals surface area (Å²) in [6.45, 7) is 4.05. The number of methoxy groups -OCH3 is 1. The van der Waals surface area contributed by atoms with Crippen LogP contribution in [0.1, 0.15) is 38.2 Å². The van der Waals surface area contributed by atoms with E-state index in [-0.39, 0.29) is 22.7 Å². The molecule has 1 aromatic carbocycles. The van der Waals surface area contributed by atoms with Crippen LogP contribution in [0.5, 0.6) is 5.75 Å². The van der Waals surface area contributed by atoms with Gasteiger partial charge in [0.15, 0.2) is 5.78 Å². The zero-order valence-corrected chi connectivity index (χ0v) is 15.9. The summed E-state index contributed by atoms with van der Waals surface area (Å²) in [7, 11) is 1.58. The third-order valence-corrected chi connectivity index (χ3v) is 5.20. The van der Waals surface area contributed by atoms with Crippen molar-refractivity contribution in [2.45, 2.75) is 32.6 Å². The Bertz CT molecular complexity index is 862. The summed E-state index contributed by atoms with van der Waals surface area (Å²) in [5.41, 5.74) is 7.43. The number of carbonyl (C=O) groups is 1. The summed E-state index contributed by atoms with van der Waals surface area (Å²) in [5.74, 6) is 0.818. The van der Waals surface area contributed by atoms with Gasteiger partial charge in [-0.3, -0.25) is 4.79 Å². The number of nitrogens with zero attached hydrogens (tertiary/aromatic N) is 1. The molecule has 6 heteroatoms. The van der Waals surface area contributed by atoms with E-state index in [1.54, 1.807) is 13.2 Å². The minimum absolute atomic E-state index is 0.00319. The molecule has 0 fully saturated rings. The number of hydrogen-bond acceptors (Lipinski definition) is 5. The zero-order valence-electron chi connectivity index (χ0n) is 14.4. The van der Waals surface area contributed by atoms with Crippen molar-refractivity contribution in [3.63, 3.8) is 0 Å². The van der Waals surface area contributed by atoms with Gasteiger partial charge in [0.05, 0.1) is 17.5 Å². The second-order valence-electron chi connectivity index (χ2n) is 7.10. The second kappa shape index (κ2) is 6.23. The van der Waals surface area contributed by atoms with E-state index in [1.807, 2.05) is 26.0 Å². The first-order valence-electron chi connectivity index (χ1n) is 7.94. The lowest BCUT2D eigenvalue weighted by molar-refractivity contribution is -0.119. The maximum atomic E-state index is 12.9. The molecule has 1 atom stereocenters. The molecule has 0 aromatic heterocycles. The number of ketones is 1. The Hall–Kier alpha value is -2.26. The SMILES string of the molecule is COc1ccc([C@H]2C(C#N)=C(N)OC3=C2C(=O)CC(C)(C)C3)cc1Br. The fourth-order valence-electron chi connectivity index (χ4n) is 3.48. The van der Waals surface area contributed by atoms with E-state index in [0.717, 1.165) is 10.0 Å². The van der Waals surface area contributed by atoms with Crippen molar-refractivity contribution in [1.29, 1.82) is 5.26 Å². The molecule has 25 heavy (non-hydrogen) atoms. The molecular formula is C19H19BrN2O3. The molecule has 0 saturated heterocycles. The molecule has 1 aliphatic heterocycles. The third-order valence-electron chi connectivity index (χ3n) is 4.58. The van der Waals surface area contributed by atoms with Gasteiger partial charge in [-0.05, 0) is 39.0 Å². The van der Waals surface area contributed by atoms with Crippen LogP contribution in [0.2, 0.25) is 0 Å². The molecule has 130 valence electrons. The molecule has 1 aliphatic carbocycles. The molecule has 5 nitrogen and oxygen atoms in total. The van der Waals surface area contributed by atoms with Crippen LogP contribution in [0.4, 0.5) is 0 Å². The summed E-state index contributed by atoms with van der Waals surface area (Å²) < 4.78 is 11.7. The standard InChI is InChI=1S/C19H19BrN2O3/c1-19(2)7-13(23)17-15(8-19)25-18(22)11(9-21)16(17)10-4-5-14(24-3)12(20)6-10/h4-6,16H,7-8,22H2,1-3H3/t16-/m0/s1. The van der Waals surface area contributed by atoms with E-state index in [9.17, 15) is 10.1 Å². The highest BCUT2D eigenvalue weighted by atomic mass is 79.9. The number of rotatable bonds is 2. The number of benzene rings is 1. The lowest BCUT2D eigenvalue weighted by Gasteiger charge is -2.37. The normalized spacial score (nSPS) is 22.2. The molecular weight excluding hydrogens is 384 g/mol. The van der Waals surface area contributed by atoms with Gasteiger partial charge < -0.3 is 15.2 Å². The van der Waals surface area contributed by atoms with Crippen molar-refractivity contribution in [3.8, 4) is 11.8 Å². The Morgan fingerprint density at radius 2 is 2.12 bits per heavy atom.